The molecule has 0 fully saturated rings. The van der Waals surface area contributed by atoms with Crippen LogP contribution in [0.1, 0.15) is 32.2 Å². The van der Waals surface area contributed by atoms with Crippen molar-refractivity contribution in [3.8, 4) is 9.88 Å². The normalized spacial score (nSPS) is 12.0. The number of thiophene rings is 1. The maximum absolute atomic E-state index is 6.10. The number of aryl methyl sites for hydroxylation is 1. The van der Waals surface area contributed by atoms with Crippen LogP contribution in [-0.4, -0.2) is 22.3 Å². The molecule has 2 heterocycles. The van der Waals surface area contributed by atoms with E-state index in [1.54, 1.807) is 22.7 Å². The van der Waals surface area contributed by atoms with Gasteiger partial charge in [-0.3, -0.25) is 0 Å². The monoisotopic (exact) mass is 315 g/mol. The SMILES string of the molecule is CC(C)(C)NCCCc1nnc(-c2sccc2Cl)s1. The van der Waals surface area contributed by atoms with Crippen LogP contribution in [0.2, 0.25) is 5.02 Å². The minimum atomic E-state index is 0.177. The van der Waals surface area contributed by atoms with Crippen LogP contribution < -0.4 is 5.32 Å². The van der Waals surface area contributed by atoms with Crippen molar-refractivity contribution >= 4 is 34.3 Å². The van der Waals surface area contributed by atoms with Gasteiger partial charge in [-0.2, -0.15) is 0 Å². The van der Waals surface area contributed by atoms with Gasteiger partial charge < -0.3 is 5.32 Å². The predicted octanol–water partition coefficient (Wildman–Crippen LogP) is 4.24. The molecule has 0 bridgehead atoms. The first kappa shape index (κ1) is 14.9. The van der Waals surface area contributed by atoms with E-state index in [2.05, 4.69) is 36.3 Å². The van der Waals surface area contributed by atoms with Crippen LogP contribution in [0.4, 0.5) is 0 Å². The summed E-state index contributed by atoms with van der Waals surface area (Å²) in [7, 11) is 0. The molecule has 0 atom stereocenters. The molecule has 1 N–H and O–H groups in total. The molecule has 0 unspecified atom stereocenters. The second-order valence-electron chi connectivity index (χ2n) is 5.38. The van der Waals surface area contributed by atoms with E-state index in [-0.39, 0.29) is 5.54 Å². The predicted molar refractivity (Wildman–Crippen MR) is 84.3 cm³/mol. The summed E-state index contributed by atoms with van der Waals surface area (Å²) in [5, 5.41) is 16.7. The summed E-state index contributed by atoms with van der Waals surface area (Å²) in [4.78, 5) is 1.03. The molecule has 6 heteroatoms. The molecule has 3 nitrogen and oxygen atoms in total. The third-order valence-electron chi connectivity index (χ3n) is 2.50. The van der Waals surface area contributed by atoms with E-state index in [0.717, 1.165) is 39.3 Å². The lowest BCUT2D eigenvalue weighted by atomic mass is 10.1. The van der Waals surface area contributed by atoms with Gasteiger partial charge in [0.1, 0.15) is 5.01 Å². The fourth-order valence-electron chi connectivity index (χ4n) is 1.60. The lowest BCUT2D eigenvalue weighted by Crippen LogP contribution is -2.36. The maximum Gasteiger partial charge on any atom is 0.159 e. The minimum absolute atomic E-state index is 0.177. The highest BCUT2D eigenvalue weighted by Gasteiger charge is 2.12. The topological polar surface area (TPSA) is 37.8 Å². The van der Waals surface area contributed by atoms with Gasteiger partial charge in [0.15, 0.2) is 5.01 Å². The molecule has 2 rings (SSSR count). The lowest BCUT2D eigenvalue weighted by molar-refractivity contribution is 0.422. The van der Waals surface area contributed by atoms with Crippen molar-refractivity contribution in [1.82, 2.24) is 15.5 Å². The van der Waals surface area contributed by atoms with Crippen LogP contribution in [0.3, 0.4) is 0 Å². The highest BCUT2D eigenvalue weighted by Crippen LogP contribution is 2.34. The molecule has 0 aromatic carbocycles. The van der Waals surface area contributed by atoms with E-state index in [1.807, 2.05) is 11.4 Å². The van der Waals surface area contributed by atoms with Crippen molar-refractivity contribution in [1.29, 1.82) is 0 Å². The number of nitrogens with one attached hydrogen (secondary N) is 1. The van der Waals surface area contributed by atoms with Crippen molar-refractivity contribution in [3.05, 3.63) is 21.5 Å². The van der Waals surface area contributed by atoms with E-state index >= 15 is 0 Å². The second-order valence-corrected chi connectivity index (χ2v) is 7.76. The zero-order valence-electron chi connectivity index (χ0n) is 11.4. The third kappa shape index (κ3) is 4.53. The highest BCUT2D eigenvalue weighted by molar-refractivity contribution is 7.21. The number of nitrogens with zero attached hydrogens (tertiary/aromatic N) is 2. The van der Waals surface area contributed by atoms with Crippen LogP contribution in [-0.2, 0) is 6.42 Å². The van der Waals surface area contributed by atoms with Crippen molar-refractivity contribution in [2.75, 3.05) is 6.54 Å². The molecular weight excluding hydrogens is 298 g/mol. The molecule has 0 spiro atoms. The Morgan fingerprint density at radius 2 is 2.11 bits per heavy atom. The first-order valence-corrected chi connectivity index (χ1v) is 8.34. The van der Waals surface area contributed by atoms with Crippen LogP contribution in [0.25, 0.3) is 9.88 Å². The molecule has 0 aliphatic rings. The van der Waals surface area contributed by atoms with Crippen molar-refractivity contribution < 1.29 is 0 Å². The fourth-order valence-corrected chi connectivity index (χ4v) is 3.78. The molecule has 0 saturated heterocycles. The van der Waals surface area contributed by atoms with Crippen LogP contribution in [0, 0.1) is 0 Å². The third-order valence-corrected chi connectivity index (χ3v) is 4.98. The molecule has 2 aromatic heterocycles. The van der Waals surface area contributed by atoms with Crippen LogP contribution >= 0.6 is 34.3 Å². The van der Waals surface area contributed by atoms with E-state index in [1.165, 1.54) is 0 Å². The summed E-state index contributed by atoms with van der Waals surface area (Å²) in [6, 6.07) is 1.90. The minimum Gasteiger partial charge on any atom is -0.312 e. The Morgan fingerprint density at radius 1 is 1.32 bits per heavy atom. The Bertz CT molecular complexity index is 528. The molecule has 0 aliphatic heterocycles. The van der Waals surface area contributed by atoms with Gasteiger partial charge in [0, 0.05) is 12.0 Å². The number of aromatic nitrogens is 2. The summed E-state index contributed by atoms with van der Waals surface area (Å²) in [5.74, 6) is 0. The summed E-state index contributed by atoms with van der Waals surface area (Å²) in [6.45, 7) is 7.52. The fraction of sp³-hybridized carbons (Fsp3) is 0.538. The van der Waals surface area contributed by atoms with Gasteiger partial charge in [-0.05, 0) is 45.2 Å². The van der Waals surface area contributed by atoms with E-state index < -0.39 is 0 Å². The zero-order valence-corrected chi connectivity index (χ0v) is 13.8. The summed E-state index contributed by atoms with van der Waals surface area (Å²) >= 11 is 9.35. The standard InChI is InChI=1S/C13H18ClN3S2/c1-13(2,3)15-7-4-5-10-16-17-12(19-10)11-9(14)6-8-18-11/h6,8,15H,4-5,7H2,1-3H3. The van der Waals surface area contributed by atoms with E-state index in [9.17, 15) is 0 Å². The Kier molecular flexibility index (Phi) is 4.95. The average Bonchev–Trinajstić information content (AvgIpc) is 2.91. The van der Waals surface area contributed by atoms with Crippen molar-refractivity contribution in [3.63, 3.8) is 0 Å². The van der Waals surface area contributed by atoms with Gasteiger partial charge in [-0.25, -0.2) is 0 Å². The summed E-state index contributed by atoms with van der Waals surface area (Å²) in [5.41, 5.74) is 0.177. The second kappa shape index (κ2) is 6.31. The summed E-state index contributed by atoms with van der Waals surface area (Å²) < 4.78 is 0. The number of hydrogen-bond donors (Lipinski definition) is 1. The van der Waals surface area contributed by atoms with E-state index in [0.29, 0.717) is 0 Å². The number of rotatable bonds is 5. The average molecular weight is 316 g/mol. The molecule has 0 amide bonds. The van der Waals surface area contributed by atoms with Gasteiger partial charge in [0.2, 0.25) is 0 Å². The molecule has 0 radical (unpaired) electrons. The number of hydrogen-bond acceptors (Lipinski definition) is 5. The first-order valence-electron chi connectivity index (χ1n) is 6.26. The van der Waals surface area contributed by atoms with Gasteiger partial charge in [-0.1, -0.05) is 22.9 Å². The first-order chi connectivity index (χ1) is 8.96. The van der Waals surface area contributed by atoms with Gasteiger partial charge in [-0.15, -0.1) is 21.5 Å². The Balaban J connectivity index is 1.87. The molecule has 0 saturated carbocycles. The maximum atomic E-state index is 6.10. The quantitative estimate of drug-likeness (QED) is 0.839. The highest BCUT2D eigenvalue weighted by atomic mass is 35.5. The van der Waals surface area contributed by atoms with Crippen molar-refractivity contribution in [2.24, 2.45) is 0 Å². The zero-order chi connectivity index (χ0) is 13.9. The van der Waals surface area contributed by atoms with Crippen molar-refractivity contribution in [2.45, 2.75) is 39.2 Å². The van der Waals surface area contributed by atoms with Gasteiger partial charge in [0.05, 0.1) is 9.90 Å². The molecule has 0 aliphatic carbocycles. The Hall–Kier alpha value is -0.490. The summed E-state index contributed by atoms with van der Waals surface area (Å²) in [6.07, 6.45) is 2.04. The molecule has 19 heavy (non-hydrogen) atoms. The molecule has 2 aromatic rings. The lowest BCUT2D eigenvalue weighted by Gasteiger charge is -2.20. The largest absolute Gasteiger partial charge is 0.312 e. The Morgan fingerprint density at radius 3 is 2.74 bits per heavy atom. The van der Waals surface area contributed by atoms with Gasteiger partial charge >= 0.3 is 0 Å². The van der Waals surface area contributed by atoms with Crippen LogP contribution in [0.15, 0.2) is 11.4 Å². The smallest absolute Gasteiger partial charge is 0.159 e. The van der Waals surface area contributed by atoms with Crippen LogP contribution in [0.5, 0.6) is 0 Å². The molecule has 104 valence electrons. The van der Waals surface area contributed by atoms with Gasteiger partial charge in [0.25, 0.3) is 0 Å². The Labute approximate surface area is 127 Å². The van der Waals surface area contributed by atoms with E-state index in [4.69, 9.17) is 11.6 Å². The number of halogens is 1. The molecular formula is C13H18ClN3S2.